The lowest BCUT2D eigenvalue weighted by molar-refractivity contribution is 1.11. The molecule has 2 rings (SSSR count). The Hall–Kier alpha value is -1.46. The molecule has 2 aromatic rings. The third-order valence-corrected chi connectivity index (χ3v) is 2.92. The molecular weight excluding hydrogens is 196 g/mol. The molecule has 0 bridgehead atoms. The zero-order chi connectivity index (χ0) is 9.97. The van der Waals surface area contributed by atoms with Crippen LogP contribution < -0.4 is 11.5 Å². The average Bonchev–Trinajstić information content (AvgIpc) is 2.66. The number of rotatable bonds is 2. The molecule has 0 aliphatic heterocycles. The molecular formula is C9H10N4S. The Morgan fingerprint density at radius 2 is 2.14 bits per heavy atom. The minimum Gasteiger partial charge on any atom is -0.368 e. The van der Waals surface area contributed by atoms with Crippen molar-refractivity contribution in [2.45, 2.75) is 6.54 Å². The second-order valence-electron chi connectivity index (χ2n) is 2.77. The van der Waals surface area contributed by atoms with Crippen LogP contribution in [0, 0.1) is 0 Å². The summed E-state index contributed by atoms with van der Waals surface area (Å²) < 4.78 is 0. The smallest absolute Gasteiger partial charge is 0.220 e. The molecule has 0 unspecified atom stereocenters. The molecule has 0 radical (unpaired) electrons. The van der Waals surface area contributed by atoms with Gasteiger partial charge in [0.15, 0.2) is 0 Å². The molecule has 0 saturated carbocycles. The molecule has 0 spiro atoms. The topological polar surface area (TPSA) is 77.8 Å². The molecule has 0 aliphatic carbocycles. The van der Waals surface area contributed by atoms with Crippen LogP contribution in [-0.4, -0.2) is 9.97 Å². The Labute approximate surface area is 85.6 Å². The summed E-state index contributed by atoms with van der Waals surface area (Å²) in [6, 6.07) is 5.83. The summed E-state index contributed by atoms with van der Waals surface area (Å²) in [5.74, 6) is 0.296. The number of nitrogens with two attached hydrogens (primary N) is 2. The van der Waals surface area contributed by atoms with E-state index in [-0.39, 0.29) is 0 Å². The summed E-state index contributed by atoms with van der Waals surface area (Å²) >= 11 is 1.62. The van der Waals surface area contributed by atoms with E-state index in [1.807, 2.05) is 18.2 Å². The van der Waals surface area contributed by atoms with Gasteiger partial charge in [0.05, 0.1) is 10.6 Å². The Bertz CT molecular complexity index is 438. The van der Waals surface area contributed by atoms with Gasteiger partial charge in [-0.05, 0) is 18.2 Å². The van der Waals surface area contributed by atoms with Crippen LogP contribution in [-0.2, 0) is 6.54 Å². The van der Waals surface area contributed by atoms with E-state index >= 15 is 0 Å². The highest BCUT2D eigenvalue weighted by Crippen LogP contribution is 2.26. The summed E-state index contributed by atoms with van der Waals surface area (Å²) in [5, 5.41) is 0. The highest BCUT2D eigenvalue weighted by atomic mass is 32.1. The molecule has 0 atom stereocenters. The van der Waals surface area contributed by atoms with E-state index < -0.39 is 0 Å². The number of thiophene rings is 1. The Balaban J connectivity index is 2.39. The fourth-order valence-electron chi connectivity index (χ4n) is 1.14. The molecule has 4 nitrogen and oxygen atoms in total. The lowest BCUT2D eigenvalue weighted by Gasteiger charge is -1.96. The number of nitrogens with zero attached hydrogens (tertiary/aromatic N) is 2. The number of hydrogen-bond donors (Lipinski definition) is 2. The predicted octanol–water partition coefficient (Wildman–Crippen LogP) is 1.25. The van der Waals surface area contributed by atoms with E-state index in [4.69, 9.17) is 11.5 Å². The number of anilines is 1. The zero-order valence-electron chi connectivity index (χ0n) is 7.47. The zero-order valence-corrected chi connectivity index (χ0v) is 8.29. The molecule has 2 heterocycles. The first-order chi connectivity index (χ1) is 6.79. The average molecular weight is 206 g/mol. The monoisotopic (exact) mass is 206 g/mol. The molecule has 72 valence electrons. The van der Waals surface area contributed by atoms with E-state index in [0.29, 0.717) is 12.5 Å². The fourth-order valence-corrected chi connectivity index (χ4v) is 1.99. The van der Waals surface area contributed by atoms with Gasteiger partial charge >= 0.3 is 0 Å². The van der Waals surface area contributed by atoms with Gasteiger partial charge in [0.2, 0.25) is 5.95 Å². The first-order valence-electron chi connectivity index (χ1n) is 4.17. The van der Waals surface area contributed by atoms with Crippen molar-refractivity contribution < 1.29 is 0 Å². The molecule has 14 heavy (non-hydrogen) atoms. The van der Waals surface area contributed by atoms with Gasteiger partial charge in [0.25, 0.3) is 0 Å². The first-order valence-corrected chi connectivity index (χ1v) is 4.99. The Morgan fingerprint density at radius 1 is 1.29 bits per heavy atom. The minimum atomic E-state index is 0.296. The number of hydrogen-bond acceptors (Lipinski definition) is 5. The van der Waals surface area contributed by atoms with Crippen LogP contribution in [0.4, 0.5) is 5.95 Å². The normalized spacial score (nSPS) is 10.4. The van der Waals surface area contributed by atoms with Gasteiger partial charge in [-0.2, -0.15) is 0 Å². The van der Waals surface area contributed by atoms with E-state index in [9.17, 15) is 0 Å². The van der Waals surface area contributed by atoms with Gasteiger partial charge in [0.1, 0.15) is 0 Å². The Kier molecular flexibility index (Phi) is 2.43. The van der Waals surface area contributed by atoms with Crippen LogP contribution in [0.25, 0.3) is 10.6 Å². The van der Waals surface area contributed by atoms with Crippen molar-refractivity contribution in [3.63, 3.8) is 0 Å². The van der Waals surface area contributed by atoms with Crippen LogP contribution in [0.5, 0.6) is 0 Å². The van der Waals surface area contributed by atoms with Crippen LogP contribution in [0.1, 0.15) is 4.88 Å². The quantitative estimate of drug-likeness (QED) is 0.775. The summed E-state index contributed by atoms with van der Waals surface area (Å²) in [4.78, 5) is 10.2. The van der Waals surface area contributed by atoms with Crippen molar-refractivity contribution in [3.8, 4) is 10.6 Å². The molecule has 0 fully saturated rings. The summed E-state index contributed by atoms with van der Waals surface area (Å²) in [6.07, 6.45) is 1.65. The minimum absolute atomic E-state index is 0.296. The second kappa shape index (κ2) is 3.73. The molecule has 0 aromatic carbocycles. The van der Waals surface area contributed by atoms with Gasteiger partial charge in [-0.3, -0.25) is 0 Å². The highest BCUT2D eigenvalue weighted by Gasteiger charge is 2.03. The van der Waals surface area contributed by atoms with Crippen molar-refractivity contribution in [1.82, 2.24) is 9.97 Å². The van der Waals surface area contributed by atoms with Crippen LogP contribution in [0.3, 0.4) is 0 Å². The van der Waals surface area contributed by atoms with Crippen molar-refractivity contribution in [3.05, 3.63) is 29.3 Å². The van der Waals surface area contributed by atoms with Gasteiger partial charge < -0.3 is 11.5 Å². The second-order valence-corrected chi connectivity index (χ2v) is 3.94. The summed E-state index contributed by atoms with van der Waals surface area (Å²) in [5.41, 5.74) is 11.9. The maximum absolute atomic E-state index is 5.52. The molecule has 4 N–H and O–H groups in total. The van der Waals surface area contributed by atoms with Gasteiger partial charge in [-0.15, -0.1) is 11.3 Å². The lowest BCUT2D eigenvalue weighted by Crippen LogP contribution is -1.94. The maximum Gasteiger partial charge on any atom is 0.220 e. The first kappa shape index (κ1) is 9.11. The lowest BCUT2D eigenvalue weighted by atomic mass is 10.3. The molecule has 5 heteroatoms. The van der Waals surface area contributed by atoms with Crippen molar-refractivity contribution >= 4 is 17.3 Å². The van der Waals surface area contributed by atoms with E-state index in [0.717, 1.165) is 15.4 Å². The van der Waals surface area contributed by atoms with E-state index in [1.54, 1.807) is 17.5 Å². The molecule has 0 saturated heterocycles. The third kappa shape index (κ3) is 1.73. The van der Waals surface area contributed by atoms with Gasteiger partial charge in [-0.25, -0.2) is 9.97 Å². The molecule has 0 aliphatic rings. The summed E-state index contributed by atoms with van der Waals surface area (Å²) in [6.45, 7) is 0.561. The van der Waals surface area contributed by atoms with Crippen molar-refractivity contribution in [2.75, 3.05) is 5.73 Å². The maximum atomic E-state index is 5.52. The van der Waals surface area contributed by atoms with Crippen molar-refractivity contribution in [1.29, 1.82) is 0 Å². The third-order valence-electron chi connectivity index (χ3n) is 1.79. The van der Waals surface area contributed by atoms with E-state index in [1.165, 1.54) is 0 Å². The predicted molar refractivity (Wildman–Crippen MR) is 57.6 cm³/mol. The van der Waals surface area contributed by atoms with Crippen LogP contribution in [0.2, 0.25) is 0 Å². The van der Waals surface area contributed by atoms with Crippen LogP contribution in [0.15, 0.2) is 24.4 Å². The Morgan fingerprint density at radius 3 is 2.79 bits per heavy atom. The van der Waals surface area contributed by atoms with Crippen molar-refractivity contribution in [2.24, 2.45) is 5.73 Å². The standard InChI is InChI=1S/C9H10N4S/c10-5-6-1-2-8(14-6)7-3-4-12-9(11)13-7/h1-4H,5,10H2,(H2,11,12,13). The number of aromatic nitrogens is 2. The largest absolute Gasteiger partial charge is 0.368 e. The molecule has 2 aromatic heterocycles. The fraction of sp³-hybridized carbons (Fsp3) is 0.111. The number of nitrogen functional groups attached to an aromatic ring is 1. The van der Waals surface area contributed by atoms with Gasteiger partial charge in [-0.1, -0.05) is 0 Å². The molecule has 0 amide bonds. The highest BCUT2D eigenvalue weighted by molar-refractivity contribution is 7.15. The SMILES string of the molecule is NCc1ccc(-c2ccnc(N)n2)s1. The van der Waals surface area contributed by atoms with E-state index in [2.05, 4.69) is 9.97 Å². The van der Waals surface area contributed by atoms with Gasteiger partial charge in [0, 0.05) is 17.6 Å². The van der Waals surface area contributed by atoms with Crippen LogP contribution >= 0.6 is 11.3 Å². The summed E-state index contributed by atoms with van der Waals surface area (Å²) in [7, 11) is 0.